The molecule has 0 aromatic heterocycles. The molecule has 22 heavy (non-hydrogen) atoms. The van der Waals surface area contributed by atoms with Gasteiger partial charge in [-0.1, -0.05) is 19.8 Å². The molecule has 0 radical (unpaired) electrons. The van der Waals surface area contributed by atoms with E-state index in [2.05, 4.69) is 22.9 Å². The summed E-state index contributed by atoms with van der Waals surface area (Å²) in [5, 5.41) is 9.98. The molecule has 0 aromatic carbocycles. The van der Waals surface area contributed by atoms with E-state index < -0.39 is 5.60 Å². The molecule has 1 saturated heterocycles. The van der Waals surface area contributed by atoms with Gasteiger partial charge in [0.15, 0.2) is 0 Å². The standard InChI is InChI=1S/C17H35N3O2/c1-5-6-9-15(13-20-16(21)22-17(2,3)4)19-12-14-8-7-10-18-11-14/h14-15,18-19H,5-13H2,1-4H3,(H,20,21). The van der Waals surface area contributed by atoms with Gasteiger partial charge in [0.2, 0.25) is 0 Å². The predicted octanol–water partition coefficient (Wildman–Crippen LogP) is 2.66. The number of hydrogen-bond acceptors (Lipinski definition) is 4. The summed E-state index contributed by atoms with van der Waals surface area (Å²) in [6.45, 7) is 11.8. The third kappa shape index (κ3) is 9.26. The Balaban J connectivity index is 2.30. The van der Waals surface area contributed by atoms with E-state index in [4.69, 9.17) is 4.74 Å². The lowest BCUT2D eigenvalue weighted by Crippen LogP contribution is -2.45. The second-order valence-electron chi connectivity index (χ2n) is 7.34. The smallest absolute Gasteiger partial charge is 0.407 e. The highest BCUT2D eigenvalue weighted by molar-refractivity contribution is 5.67. The molecule has 1 fully saturated rings. The Kier molecular flexibility index (Phi) is 8.79. The van der Waals surface area contributed by atoms with E-state index in [0.29, 0.717) is 18.5 Å². The van der Waals surface area contributed by atoms with Gasteiger partial charge in [0.1, 0.15) is 5.60 Å². The maximum absolute atomic E-state index is 11.8. The van der Waals surface area contributed by atoms with Gasteiger partial charge in [0, 0.05) is 12.6 Å². The zero-order chi connectivity index (χ0) is 16.4. The monoisotopic (exact) mass is 313 g/mol. The minimum Gasteiger partial charge on any atom is -0.444 e. The van der Waals surface area contributed by atoms with Crippen LogP contribution in [0.2, 0.25) is 0 Å². The quantitative estimate of drug-likeness (QED) is 0.645. The van der Waals surface area contributed by atoms with Gasteiger partial charge in [0.05, 0.1) is 0 Å². The van der Waals surface area contributed by atoms with Crippen molar-refractivity contribution in [2.45, 2.75) is 71.4 Å². The topological polar surface area (TPSA) is 62.4 Å². The van der Waals surface area contributed by atoms with Crippen LogP contribution in [0.1, 0.15) is 59.8 Å². The molecular weight excluding hydrogens is 278 g/mol. The van der Waals surface area contributed by atoms with Gasteiger partial charge >= 0.3 is 6.09 Å². The van der Waals surface area contributed by atoms with Crippen molar-refractivity contribution >= 4 is 6.09 Å². The molecule has 2 unspecified atom stereocenters. The van der Waals surface area contributed by atoms with Crippen molar-refractivity contribution in [1.29, 1.82) is 0 Å². The van der Waals surface area contributed by atoms with Gasteiger partial charge < -0.3 is 20.7 Å². The average Bonchev–Trinajstić information content (AvgIpc) is 2.45. The van der Waals surface area contributed by atoms with E-state index in [-0.39, 0.29) is 6.09 Å². The number of carbonyl (C=O) groups excluding carboxylic acids is 1. The largest absolute Gasteiger partial charge is 0.444 e. The van der Waals surface area contributed by atoms with Crippen LogP contribution in [-0.4, -0.2) is 43.9 Å². The SMILES string of the molecule is CCCCC(CNC(=O)OC(C)(C)C)NCC1CCCNC1. The molecule has 0 aromatic rings. The number of piperidine rings is 1. The molecule has 1 aliphatic rings. The molecule has 3 N–H and O–H groups in total. The number of nitrogens with one attached hydrogen (secondary N) is 3. The lowest BCUT2D eigenvalue weighted by atomic mass is 9.99. The Morgan fingerprint density at radius 2 is 2.18 bits per heavy atom. The van der Waals surface area contributed by atoms with E-state index in [1.807, 2.05) is 20.8 Å². The van der Waals surface area contributed by atoms with Gasteiger partial charge in [0.25, 0.3) is 0 Å². The number of amides is 1. The van der Waals surface area contributed by atoms with Gasteiger partial charge in [-0.2, -0.15) is 0 Å². The Hall–Kier alpha value is -0.810. The van der Waals surface area contributed by atoms with Crippen LogP contribution in [0.5, 0.6) is 0 Å². The van der Waals surface area contributed by atoms with Gasteiger partial charge in [-0.25, -0.2) is 4.79 Å². The van der Waals surface area contributed by atoms with Crippen molar-refractivity contribution in [3.63, 3.8) is 0 Å². The Morgan fingerprint density at radius 3 is 2.77 bits per heavy atom. The van der Waals surface area contributed by atoms with Crippen LogP contribution in [0.4, 0.5) is 4.79 Å². The summed E-state index contributed by atoms with van der Waals surface area (Å²) in [6.07, 6.45) is 5.68. The third-order valence-corrected chi connectivity index (χ3v) is 3.89. The molecule has 0 aliphatic carbocycles. The molecular formula is C17H35N3O2. The van der Waals surface area contributed by atoms with Crippen molar-refractivity contribution in [2.24, 2.45) is 5.92 Å². The Bertz CT molecular complexity index is 310. The predicted molar refractivity (Wildman–Crippen MR) is 91.1 cm³/mol. The first-order chi connectivity index (χ1) is 10.4. The van der Waals surface area contributed by atoms with Crippen molar-refractivity contribution in [3.05, 3.63) is 0 Å². The molecule has 1 aliphatic heterocycles. The number of carbonyl (C=O) groups is 1. The number of rotatable bonds is 8. The molecule has 5 heteroatoms. The molecule has 0 bridgehead atoms. The number of hydrogen-bond donors (Lipinski definition) is 3. The summed E-state index contributed by atoms with van der Waals surface area (Å²) >= 11 is 0. The van der Waals surface area contributed by atoms with Crippen molar-refractivity contribution in [1.82, 2.24) is 16.0 Å². The van der Waals surface area contributed by atoms with Crippen LogP contribution in [-0.2, 0) is 4.74 Å². The number of unbranched alkanes of at least 4 members (excludes halogenated alkanes) is 1. The third-order valence-electron chi connectivity index (χ3n) is 3.89. The highest BCUT2D eigenvalue weighted by Crippen LogP contribution is 2.10. The lowest BCUT2D eigenvalue weighted by molar-refractivity contribution is 0.0521. The highest BCUT2D eigenvalue weighted by Gasteiger charge is 2.18. The molecule has 1 amide bonds. The maximum atomic E-state index is 11.8. The van der Waals surface area contributed by atoms with Crippen LogP contribution < -0.4 is 16.0 Å². The summed E-state index contributed by atoms with van der Waals surface area (Å²) in [7, 11) is 0. The lowest BCUT2D eigenvalue weighted by Gasteiger charge is -2.27. The van der Waals surface area contributed by atoms with Gasteiger partial charge in [-0.15, -0.1) is 0 Å². The van der Waals surface area contributed by atoms with Crippen LogP contribution in [0.25, 0.3) is 0 Å². The first kappa shape index (κ1) is 19.2. The minimum atomic E-state index is -0.440. The second-order valence-corrected chi connectivity index (χ2v) is 7.34. The van der Waals surface area contributed by atoms with E-state index >= 15 is 0 Å². The van der Waals surface area contributed by atoms with Crippen molar-refractivity contribution in [3.8, 4) is 0 Å². The van der Waals surface area contributed by atoms with E-state index in [1.165, 1.54) is 25.7 Å². The van der Waals surface area contributed by atoms with Gasteiger partial charge in [-0.05, 0) is 65.6 Å². The first-order valence-corrected chi connectivity index (χ1v) is 8.81. The Labute approximate surface area is 135 Å². The van der Waals surface area contributed by atoms with Gasteiger partial charge in [-0.3, -0.25) is 0 Å². The van der Waals surface area contributed by atoms with Crippen LogP contribution >= 0.6 is 0 Å². The summed E-state index contributed by atoms with van der Waals surface area (Å²) in [5.74, 6) is 0.708. The molecule has 2 atom stereocenters. The van der Waals surface area contributed by atoms with E-state index in [1.54, 1.807) is 0 Å². The van der Waals surface area contributed by atoms with Crippen molar-refractivity contribution < 1.29 is 9.53 Å². The normalized spacial score (nSPS) is 20.5. The molecule has 0 saturated carbocycles. The van der Waals surface area contributed by atoms with E-state index in [9.17, 15) is 4.79 Å². The molecule has 1 rings (SSSR count). The molecule has 1 heterocycles. The molecule has 0 spiro atoms. The molecule has 5 nitrogen and oxygen atoms in total. The summed E-state index contributed by atoms with van der Waals surface area (Å²) in [6, 6.07) is 0.328. The fourth-order valence-corrected chi connectivity index (χ4v) is 2.68. The summed E-state index contributed by atoms with van der Waals surface area (Å²) in [4.78, 5) is 11.8. The number of alkyl carbamates (subject to hydrolysis) is 1. The van der Waals surface area contributed by atoms with Crippen LogP contribution in [0.3, 0.4) is 0 Å². The Morgan fingerprint density at radius 1 is 1.41 bits per heavy atom. The van der Waals surface area contributed by atoms with E-state index in [0.717, 1.165) is 26.1 Å². The zero-order valence-corrected chi connectivity index (χ0v) is 14.8. The highest BCUT2D eigenvalue weighted by atomic mass is 16.6. The van der Waals surface area contributed by atoms with Crippen molar-refractivity contribution in [2.75, 3.05) is 26.2 Å². The summed E-state index contributed by atoms with van der Waals surface area (Å²) in [5.41, 5.74) is -0.440. The first-order valence-electron chi connectivity index (χ1n) is 8.81. The van der Waals surface area contributed by atoms with Crippen LogP contribution in [0, 0.1) is 5.92 Å². The summed E-state index contributed by atoms with van der Waals surface area (Å²) < 4.78 is 5.30. The fraction of sp³-hybridized carbons (Fsp3) is 0.941. The average molecular weight is 313 g/mol. The maximum Gasteiger partial charge on any atom is 0.407 e. The van der Waals surface area contributed by atoms with Crippen LogP contribution in [0.15, 0.2) is 0 Å². The second kappa shape index (κ2) is 10.1. The number of ether oxygens (including phenoxy) is 1. The zero-order valence-electron chi connectivity index (χ0n) is 14.8. The fourth-order valence-electron chi connectivity index (χ4n) is 2.68. The molecule has 130 valence electrons. The minimum absolute atomic E-state index is 0.324.